The Balaban J connectivity index is 1.92. The van der Waals surface area contributed by atoms with Crippen LogP contribution in [0.15, 0.2) is 71.6 Å². The van der Waals surface area contributed by atoms with Crippen LogP contribution in [-0.4, -0.2) is 32.9 Å². The van der Waals surface area contributed by atoms with Crippen molar-refractivity contribution < 1.29 is 27.1 Å². The molecule has 0 fully saturated rings. The van der Waals surface area contributed by atoms with Crippen LogP contribution in [-0.2, 0) is 14.8 Å². The van der Waals surface area contributed by atoms with Gasteiger partial charge < -0.3 is 20.5 Å². The first-order chi connectivity index (χ1) is 18.0. The maximum Gasteiger partial charge on any atom is 0.262 e. The number of nitrogens with two attached hydrogens (primary N) is 1. The molecule has 3 aromatic rings. The van der Waals surface area contributed by atoms with Gasteiger partial charge >= 0.3 is 0 Å². The number of nitrogens with one attached hydrogen (secondary N) is 4. The summed E-state index contributed by atoms with van der Waals surface area (Å²) in [5, 5.41) is 10.6. The summed E-state index contributed by atoms with van der Waals surface area (Å²) < 4.78 is 50.0. The van der Waals surface area contributed by atoms with Crippen LogP contribution in [0.4, 0.5) is 10.1 Å². The van der Waals surface area contributed by atoms with E-state index in [1.807, 2.05) is 25.6 Å². The second-order valence-electron chi connectivity index (χ2n) is 8.42. The molecule has 1 unspecified atom stereocenters. The highest BCUT2D eigenvalue weighted by Gasteiger charge is 2.25. The van der Waals surface area contributed by atoms with Crippen LogP contribution in [0.2, 0.25) is 0 Å². The predicted octanol–water partition coefficient (Wildman–Crippen LogP) is 3.46. The van der Waals surface area contributed by atoms with Crippen LogP contribution in [0.5, 0.6) is 11.5 Å². The number of hydrazine groups is 1. The van der Waals surface area contributed by atoms with Crippen molar-refractivity contribution in [3.63, 3.8) is 0 Å². The Morgan fingerprint density at radius 2 is 1.68 bits per heavy atom. The Labute approximate surface area is 220 Å². The Kier molecular flexibility index (Phi) is 9.26. The summed E-state index contributed by atoms with van der Waals surface area (Å²) in [4.78, 5) is 15.1. The third-order valence-corrected chi connectivity index (χ3v) is 6.43. The molecule has 0 saturated carbocycles. The number of nitrogen functional groups attached to an aromatic ring is 1. The molecular formula is C26H30FN5O5S. The van der Waals surface area contributed by atoms with Crippen LogP contribution >= 0.6 is 0 Å². The molecule has 0 aliphatic heterocycles. The van der Waals surface area contributed by atoms with Gasteiger partial charge in [-0.2, -0.15) is 0 Å². The summed E-state index contributed by atoms with van der Waals surface area (Å²) in [5.74, 6) is -0.526. The fourth-order valence-electron chi connectivity index (χ4n) is 3.40. The lowest BCUT2D eigenvalue weighted by Crippen LogP contribution is -2.45. The minimum Gasteiger partial charge on any atom is -0.490 e. The molecule has 1 amide bonds. The van der Waals surface area contributed by atoms with E-state index in [1.54, 1.807) is 42.5 Å². The third kappa shape index (κ3) is 7.43. The molecule has 10 nitrogen and oxygen atoms in total. The summed E-state index contributed by atoms with van der Waals surface area (Å²) in [5.41, 5.74) is 9.21. The highest BCUT2D eigenvalue weighted by atomic mass is 32.2. The number of benzene rings is 3. The van der Waals surface area contributed by atoms with Crippen molar-refractivity contribution in [3.8, 4) is 11.5 Å². The maximum absolute atomic E-state index is 13.3. The van der Waals surface area contributed by atoms with Gasteiger partial charge in [0.1, 0.15) is 17.7 Å². The summed E-state index contributed by atoms with van der Waals surface area (Å²) >= 11 is 0. The normalized spacial score (nSPS) is 12.0. The van der Waals surface area contributed by atoms with Gasteiger partial charge in [-0.05, 0) is 87.0 Å². The van der Waals surface area contributed by atoms with Gasteiger partial charge in [0.15, 0.2) is 11.5 Å². The second kappa shape index (κ2) is 12.4. The number of ether oxygens (including phenoxy) is 2. The van der Waals surface area contributed by atoms with E-state index in [0.717, 1.165) is 24.3 Å². The van der Waals surface area contributed by atoms with Crippen LogP contribution in [0.1, 0.15) is 37.9 Å². The van der Waals surface area contributed by atoms with Crippen LogP contribution in [0.3, 0.4) is 0 Å². The lowest BCUT2D eigenvalue weighted by Gasteiger charge is -2.22. The van der Waals surface area contributed by atoms with Crippen molar-refractivity contribution in [2.75, 3.05) is 11.9 Å². The Morgan fingerprint density at radius 1 is 1.03 bits per heavy atom. The van der Waals surface area contributed by atoms with Crippen molar-refractivity contribution in [1.29, 1.82) is 5.41 Å². The number of halogens is 1. The van der Waals surface area contributed by atoms with E-state index in [0.29, 0.717) is 34.9 Å². The van der Waals surface area contributed by atoms with Gasteiger partial charge in [0.2, 0.25) is 0 Å². The topological polar surface area (TPSA) is 156 Å². The van der Waals surface area contributed by atoms with Gasteiger partial charge in [-0.25, -0.2) is 12.8 Å². The molecule has 0 radical (unpaired) electrons. The largest absolute Gasteiger partial charge is 0.490 e. The number of carbonyl (C=O) groups excluding carboxylic acids is 1. The molecule has 1 atom stereocenters. The fraction of sp³-hybridized carbons (Fsp3) is 0.231. The Hall–Kier alpha value is -4.16. The van der Waals surface area contributed by atoms with E-state index in [4.69, 9.17) is 20.6 Å². The van der Waals surface area contributed by atoms with Crippen LogP contribution in [0, 0.1) is 11.2 Å². The standard InChI is InChI=1S/C26H30FN5O5S/c1-4-36-23-15-18(7-14-22(23)37-16(2)3)24(30-20-10-5-17(6-11-20)25(28)29)26(33)31-32-38(34,35)21-12-8-19(27)9-13-21/h5-16,24,30,32H,4H2,1-3H3,(H3,28,29)(H,31,33). The minimum absolute atomic E-state index is 0.108. The number of sulfonamides is 1. The average molecular weight is 544 g/mol. The second-order valence-corrected chi connectivity index (χ2v) is 10.1. The molecule has 38 heavy (non-hydrogen) atoms. The predicted molar refractivity (Wildman–Crippen MR) is 142 cm³/mol. The van der Waals surface area contributed by atoms with Crippen LogP contribution < -0.4 is 30.8 Å². The molecular weight excluding hydrogens is 513 g/mol. The smallest absolute Gasteiger partial charge is 0.262 e. The molecule has 12 heteroatoms. The van der Waals surface area contributed by atoms with Gasteiger partial charge in [-0.15, -0.1) is 4.83 Å². The van der Waals surface area contributed by atoms with Gasteiger partial charge in [0, 0.05) is 11.3 Å². The number of hydrogen-bond donors (Lipinski definition) is 5. The molecule has 0 saturated heterocycles. The van der Waals surface area contributed by atoms with Crippen LogP contribution in [0.25, 0.3) is 0 Å². The first-order valence-corrected chi connectivity index (χ1v) is 13.2. The highest BCUT2D eigenvalue weighted by Crippen LogP contribution is 2.33. The lowest BCUT2D eigenvalue weighted by atomic mass is 10.0. The first kappa shape index (κ1) is 28.4. The van der Waals surface area contributed by atoms with Crippen molar-refractivity contribution in [2.24, 2.45) is 5.73 Å². The highest BCUT2D eigenvalue weighted by molar-refractivity contribution is 7.89. The van der Waals surface area contributed by atoms with Crippen molar-refractivity contribution in [1.82, 2.24) is 10.3 Å². The zero-order chi connectivity index (χ0) is 27.9. The number of hydrogen-bond acceptors (Lipinski definition) is 7. The summed E-state index contributed by atoms with van der Waals surface area (Å²) in [6.45, 7) is 5.92. The van der Waals surface area contributed by atoms with Gasteiger partial charge in [0.25, 0.3) is 15.9 Å². The van der Waals surface area contributed by atoms with E-state index in [-0.39, 0.29) is 16.8 Å². The van der Waals surface area contributed by atoms with E-state index in [1.165, 1.54) is 0 Å². The molecule has 202 valence electrons. The number of carbonyl (C=O) groups is 1. The van der Waals surface area contributed by atoms with Crippen molar-refractivity contribution in [2.45, 2.75) is 37.8 Å². The molecule has 0 heterocycles. The molecule has 0 spiro atoms. The van der Waals surface area contributed by atoms with Gasteiger partial charge in [-0.1, -0.05) is 6.07 Å². The maximum atomic E-state index is 13.3. The lowest BCUT2D eigenvalue weighted by molar-refractivity contribution is -0.122. The number of anilines is 1. The quantitative estimate of drug-likeness (QED) is 0.133. The van der Waals surface area contributed by atoms with E-state index in [2.05, 4.69) is 10.7 Å². The summed E-state index contributed by atoms with van der Waals surface area (Å²) in [7, 11) is -4.17. The number of amidine groups is 1. The minimum atomic E-state index is -4.17. The summed E-state index contributed by atoms with van der Waals surface area (Å²) in [6, 6.07) is 14.6. The monoisotopic (exact) mass is 543 g/mol. The number of rotatable bonds is 12. The molecule has 3 rings (SSSR count). The summed E-state index contributed by atoms with van der Waals surface area (Å²) in [6.07, 6.45) is -0.113. The number of amides is 1. The third-order valence-electron chi connectivity index (χ3n) is 5.17. The van der Waals surface area contributed by atoms with Crippen molar-refractivity contribution in [3.05, 3.63) is 83.7 Å². The molecule has 6 N–H and O–H groups in total. The van der Waals surface area contributed by atoms with Gasteiger partial charge in [0.05, 0.1) is 17.6 Å². The Morgan fingerprint density at radius 3 is 2.26 bits per heavy atom. The van der Waals surface area contributed by atoms with Gasteiger partial charge in [-0.3, -0.25) is 15.6 Å². The first-order valence-electron chi connectivity index (χ1n) is 11.7. The molecule has 0 aliphatic rings. The molecule has 0 aromatic heterocycles. The molecule has 0 bridgehead atoms. The zero-order valence-corrected chi connectivity index (χ0v) is 21.9. The molecule has 0 aliphatic carbocycles. The fourth-order valence-corrected chi connectivity index (χ4v) is 4.25. The Bertz CT molecular complexity index is 1380. The zero-order valence-electron chi connectivity index (χ0n) is 21.1. The van der Waals surface area contributed by atoms with E-state index in [9.17, 15) is 17.6 Å². The van der Waals surface area contributed by atoms with E-state index >= 15 is 0 Å². The SMILES string of the molecule is CCOc1cc(C(Nc2ccc(C(=N)N)cc2)C(=O)NNS(=O)(=O)c2ccc(F)cc2)ccc1OC(C)C. The average Bonchev–Trinajstić information content (AvgIpc) is 2.87. The van der Waals surface area contributed by atoms with E-state index < -0.39 is 27.8 Å². The molecule has 3 aromatic carbocycles. The van der Waals surface area contributed by atoms with Crippen molar-refractivity contribution >= 4 is 27.5 Å².